The van der Waals surface area contributed by atoms with E-state index in [1.807, 2.05) is 6.07 Å². The van der Waals surface area contributed by atoms with Crippen molar-refractivity contribution in [1.29, 1.82) is 0 Å². The number of hydrogen-bond donors (Lipinski definition) is 1. The molecule has 0 spiro atoms. The number of amides is 1. The lowest BCUT2D eigenvalue weighted by Crippen LogP contribution is -2.13. The molecule has 0 saturated heterocycles. The molecule has 0 aliphatic heterocycles. The Kier molecular flexibility index (Phi) is 6.24. The van der Waals surface area contributed by atoms with E-state index in [2.05, 4.69) is 48.2 Å². The molecule has 0 saturated carbocycles. The number of rotatable bonds is 6. The first kappa shape index (κ1) is 22.6. The summed E-state index contributed by atoms with van der Waals surface area (Å²) in [7, 11) is 3.06. The number of halogens is 1. The second-order valence-corrected chi connectivity index (χ2v) is 8.18. The van der Waals surface area contributed by atoms with Gasteiger partial charge in [0.1, 0.15) is 11.6 Å². The molecule has 0 aliphatic rings. The zero-order valence-electron chi connectivity index (χ0n) is 19.1. The monoisotopic (exact) mass is 465 g/mol. The maximum atomic E-state index is 12.9. The fourth-order valence-electron chi connectivity index (χ4n) is 3.95. The predicted octanol–water partition coefficient (Wildman–Crippen LogP) is 5.66. The Balaban J connectivity index is 1.61. The van der Waals surface area contributed by atoms with Gasteiger partial charge in [0.05, 0.1) is 19.7 Å². The molecule has 0 atom stereocenters. The fourth-order valence-corrected chi connectivity index (χ4v) is 4.13. The Morgan fingerprint density at radius 3 is 2.33 bits per heavy atom. The lowest BCUT2D eigenvalue weighted by Gasteiger charge is -2.12. The average Bonchev–Trinajstić information content (AvgIpc) is 3.24. The van der Waals surface area contributed by atoms with Crippen LogP contribution in [-0.2, 0) is 6.42 Å². The lowest BCUT2D eigenvalue weighted by molar-refractivity contribution is 0.0995. The van der Waals surface area contributed by atoms with Gasteiger partial charge < -0.3 is 19.2 Å². The van der Waals surface area contributed by atoms with Gasteiger partial charge in [-0.15, -0.1) is 0 Å². The number of benzene rings is 2. The Labute approximate surface area is 196 Å². The number of ether oxygens (including phenoxy) is 2. The van der Waals surface area contributed by atoms with E-state index in [1.54, 1.807) is 18.2 Å². The molecule has 170 valence electrons. The SMILES string of the molecule is COc1cc2nc(Cl)nc(NC(=O)c3ccc(Cc4c(C)cc(C)cc4C)o3)c2cc1OC. The van der Waals surface area contributed by atoms with Crippen LogP contribution >= 0.6 is 11.6 Å². The van der Waals surface area contributed by atoms with E-state index in [-0.39, 0.29) is 16.9 Å². The molecule has 4 aromatic rings. The van der Waals surface area contributed by atoms with Crippen molar-refractivity contribution in [3.8, 4) is 11.5 Å². The first-order valence-electron chi connectivity index (χ1n) is 10.3. The van der Waals surface area contributed by atoms with Gasteiger partial charge in [0.25, 0.3) is 5.91 Å². The van der Waals surface area contributed by atoms with E-state index in [4.69, 9.17) is 25.5 Å². The van der Waals surface area contributed by atoms with Crippen LogP contribution in [0.5, 0.6) is 11.5 Å². The van der Waals surface area contributed by atoms with Crippen LogP contribution < -0.4 is 14.8 Å². The summed E-state index contributed by atoms with van der Waals surface area (Å²) in [6, 6.07) is 11.1. The zero-order chi connectivity index (χ0) is 23.7. The summed E-state index contributed by atoms with van der Waals surface area (Å²) >= 11 is 6.09. The number of anilines is 1. The molecule has 4 rings (SSSR count). The van der Waals surface area contributed by atoms with Crippen LogP contribution in [0.1, 0.15) is 38.6 Å². The van der Waals surface area contributed by atoms with Crippen molar-refractivity contribution in [3.63, 3.8) is 0 Å². The zero-order valence-corrected chi connectivity index (χ0v) is 19.8. The molecular weight excluding hydrogens is 442 g/mol. The number of methoxy groups -OCH3 is 2. The van der Waals surface area contributed by atoms with E-state index < -0.39 is 5.91 Å². The van der Waals surface area contributed by atoms with Gasteiger partial charge in [-0.25, -0.2) is 4.98 Å². The van der Waals surface area contributed by atoms with Crippen molar-refractivity contribution in [3.05, 3.63) is 75.5 Å². The summed E-state index contributed by atoms with van der Waals surface area (Å²) in [6.45, 7) is 6.24. The van der Waals surface area contributed by atoms with Crippen LogP contribution in [0.25, 0.3) is 10.9 Å². The Hall–Kier alpha value is -3.58. The molecule has 0 bridgehead atoms. The number of hydrogen-bond acceptors (Lipinski definition) is 6. The molecule has 1 N–H and O–H groups in total. The summed E-state index contributed by atoms with van der Waals surface area (Å²) in [5.41, 5.74) is 5.31. The van der Waals surface area contributed by atoms with Crippen LogP contribution in [-0.4, -0.2) is 30.1 Å². The second kappa shape index (κ2) is 9.11. The minimum absolute atomic E-state index is 0.00419. The molecule has 2 aromatic heterocycles. The highest BCUT2D eigenvalue weighted by Gasteiger charge is 2.18. The van der Waals surface area contributed by atoms with Gasteiger partial charge in [0.2, 0.25) is 5.28 Å². The van der Waals surface area contributed by atoms with E-state index in [1.165, 1.54) is 36.5 Å². The number of aryl methyl sites for hydroxylation is 3. The van der Waals surface area contributed by atoms with E-state index in [0.717, 1.165) is 0 Å². The summed E-state index contributed by atoms with van der Waals surface area (Å²) in [4.78, 5) is 21.3. The third kappa shape index (κ3) is 4.64. The van der Waals surface area contributed by atoms with Crippen molar-refractivity contribution in [2.75, 3.05) is 19.5 Å². The molecular formula is C25H24ClN3O4. The van der Waals surface area contributed by atoms with Crippen LogP contribution in [0.3, 0.4) is 0 Å². The first-order chi connectivity index (χ1) is 15.8. The number of furan rings is 1. The maximum absolute atomic E-state index is 12.9. The van der Waals surface area contributed by atoms with E-state index in [0.29, 0.717) is 34.6 Å². The molecule has 0 fully saturated rings. The lowest BCUT2D eigenvalue weighted by atomic mass is 9.97. The van der Waals surface area contributed by atoms with Crippen molar-refractivity contribution in [1.82, 2.24) is 9.97 Å². The van der Waals surface area contributed by atoms with Gasteiger partial charge in [0.15, 0.2) is 17.3 Å². The summed E-state index contributed by atoms with van der Waals surface area (Å²) in [6.07, 6.45) is 0.602. The van der Waals surface area contributed by atoms with E-state index in [9.17, 15) is 4.79 Å². The minimum Gasteiger partial charge on any atom is -0.493 e. The molecule has 0 radical (unpaired) electrons. The smallest absolute Gasteiger partial charge is 0.292 e. The normalized spacial score (nSPS) is 11.0. The Morgan fingerprint density at radius 2 is 1.67 bits per heavy atom. The number of carbonyl (C=O) groups is 1. The standard InChI is InChI=1S/C25H24ClN3O4/c1-13-8-14(2)17(15(3)9-13)10-16-6-7-20(33-16)24(30)28-23-18-11-21(31-4)22(32-5)12-19(18)27-25(26)29-23/h6-9,11-12H,10H2,1-5H3,(H,27,28,29,30). The highest BCUT2D eigenvalue weighted by atomic mass is 35.5. The largest absolute Gasteiger partial charge is 0.493 e. The van der Waals surface area contributed by atoms with Gasteiger partial charge in [-0.05, 0) is 67.3 Å². The first-order valence-corrected chi connectivity index (χ1v) is 10.7. The minimum atomic E-state index is -0.440. The number of nitrogens with zero attached hydrogens (tertiary/aromatic N) is 2. The molecule has 0 aliphatic carbocycles. The van der Waals surface area contributed by atoms with Crippen molar-refractivity contribution >= 4 is 34.2 Å². The molecule has 8 heteroatoms. The Morgan fingerprint density at radius 1 is 1.00 bits per heavy atom. The van der Waals surface area contributed by atoms with Crippen molar-refractivity contribution < 1.29 is 18.7 Å². The molecule has 0 unspecified atom stereocenters. The summed E-state index contributed by atoms with van der Waals surface area (Å²) in [5.74, 6) is 1.66. The highest BCUT2D eigenvalue weighted by molar-refractivity contribution is 6.29. The van der Waals surface area contributed by atoms with Crippen molar-refractivity contribution in [2.45, 2.75) is 27.2 Å². The summed E-state index contributed by atoms with van der Waals surface area (Å²) < 4.78 is 16.5. The molecule has 2 aromatic carbocycles. The summed E-state index contributed by atoms with van der Waals surface area (Å²) in [5, 5.41) is 3.33. The van der Waals surface area contributed by atoms with Gasteiger partial charge in [-0.1, -0.05) is 17.7 Å². The van der Waals surface area contributed by atoms with Gasteiger partial charge in [0, 0.05) is 17.9 Å². The van der Waals surface area contributed by atoms with Gasteiger partial charge >= 0.3 is 0 Å². The quantitative estimate of drug-likeness (QED) is 0.369. The third-order valence-corrected chi connectivity index (χ3v) is 5.65. The topological polar surface area (TPSA) is 86.5 Å². The van der Waals surface area contributed by atoms with Crippen LogP contribution in [0.15, 0.2) is 40.8 Å². The molecule has 7 nitrogen and oxygen atoms in total. The maximum Gasteiger partial charge on any atom is 0.292 e. The number of carbonyl (C=O) groups excluding carboxylic acids is 1. The fraction of sp³-hybridized carbons (Fsp3) is 0.240. The van der Waals surface area contributed by atoms with Crippen molar-refractivity contribution in [2.24, 2.45) is 0 Å². The van der Waals surface area contributed by atoms with Gasteiger partial charge in [-0.3, -0.25) is 4.79 Å². The number of aromatic nitrogens is 2. The van der Waals surface area contributed by atoms with Gasteiger partial charge in [-0.2, -0.15) is 4.98 Å². The number of fused-ring (bicyclic) bond motifs is 1. The molecule has 33 heavy (non-hydrogen) atoms. The Bertz CT molecular complexity index is 1340. The predicted molar refractivity (Wildman–Crippen MR) is 128 cm³/mol. The van der Waals surface area contributed by atoms with Crippen LogP contribution in [0, 0.1) is 20.8 Å². The molecule has 2 heterocycles. The van der Waals surface area contributed by atoms with Crippen LogP contribution in [0.4, 0.5) is 5.82 Å². The third-order valence-electron chi connectivity index (χ3n) is 5.48. The highest BCUT2D eigenvalue weighted by Crippen LogP contribution is 2.34. The second-order valence-electron chi connectivity index (χ2n) is 7.84. The number of nitrogens with one attached hydrogen (secondary N) is 1. The van der Waals surface area contributed by atoms with E-state index >= 15 is 0 Å². The average molecular weight is 466 g/mol. The molecule has 1 amide bonds. The van der Waals surface area contributed by atoms with Crippen LogP contribution in [0.2, 0.25) is 5.28 Å².